The van der Waals surface area contributed by atoms with Gasteiger partial charge in [-0.05, 0) is 129 Å². The van der Waals surface area contributed by atoms with Crippen molar-refractivity contribution in [1.82, 2.24) is 24.8 Å². The zero-order valence-corrected chi connectivity index (χ0v) is 64.4. The molecular weight excluding hydrogens is 1430 g/mol. The molecule has 5 fully saturated rings. The average molecular weight is 1540 g/mol. The van der Waals surface area contributed by atoms with E-state index in [1.165, 1.54) is 13.3 Å². The molecule has 9 heterocycles. The van der Waals surface area contributed by atoms with Crippen molar-refractivity contribution < 1.29 is 83.8 Å². The summed E-state index contributed by atoms with van der Waals surface area (Å²) in [6.07, 6.45) is 1.12. The van der Waals surface area contributed by atoms with Crippen LogP contribution in [0.1, 0.15) is 163 Å². The number of rotatable bonds is 30. The number of ether oxygens (including phenoxy) is 1. The number of aliphatic hydroxyl groups is 2. The molecule has 5 saturated heterocycles. The van der Waals surface area contributed by atoms with Crippen LogP contribution in [0, 0.1) is 66.1 Å². The third-order valence-electron chi connectivity index (χ3n) is 23.7. The fourth-order valence-corrected chi connectivity index (χ4v) is 18.9. The van der Waals surface area contributed by atoms with E-state index in [9.17, 15) is 53.2 Å². The Morgan fingerprint density at radius 3 is 2.00 bits per heavy atom. The van der Waals surface area contributed by atoms with Crippen LogP contribution in [-0.2, 0) is 75.2 Å². The number of nitrogens with two attached hydrogens (primary N) is 7. The van der Waals surface area contributed by atoms with E-state index in [4.69, 9.17) is 75.2 Å². The van der Waals surface area contributed by atoms with E-state index >= 15 is 0 Å². The molecule has 8 bridgehead atoms. The summed E-state index contributed by atoms with van der Waals surface area (Å²) in [5.74, 6) is -6.41. The predicted molar refractivity (Wildman–Crippen MR) is 394 cm³/mol. The molecule has 7 aliphatic rings. The van der Waals surface area contributed by atoms with Gasteiger partial charge in [-0.2, -0.15) is 23.5 Å². The molecule has 106 heavy (non-hydrogen) atoms. The predicted octanol–water partition coefficient (Wildman–Crippen LogP) is 6.52. The van der Waals surface area contributed by atoms with Gasteiger partial charge in [0.15, 0.2) is 17.7 Å². The van der Waals surface area contributed by atoms with Crippen molar-refractivity contribution in [3.63, 3.8) is 0 Å². The Hall–Kier alpha value is -7.46. The van der Waals surface area contributed by atoms with Crippen molar-refractivity contribution in [2.45, 2.75) is 233 Å². The molecule has 34 heteroatoms. The monoisotopic (exact) mass is 1540 g/mol. The molecule has 7 aliphatic heterocycles. The van der Waals surface area contributed by atoms with Gasteiger partial charge in [-0.15, -0.1) is 40.5 Å². The van der Waals surface area contributed by atoms with Gasteiger partial charge in [0, 0.05) is 80.5 Å². The molecule has 0 aliphatic carbocycles. The number of carbonyl (C=O) groups is 7. The van der Waals surface area contributed by atoms with Crippen LogP contribution in [0.4, 0.5) is 17.2 Å². The van der Waals surface area contributed by atoms with E-state index in [0.29, 0.717) is 50.9 Å². The number of amides is 7. The number of anilines is 2. The van der Waals surface area contributed by atoms with Crippen LogP contribution in [0.3, 0.4) is 0 Å². The molecule has 1 aromatic carbocycles. The summed E-state index contributed by atoms with van der Waals surface area (Å²) in [6, 6.07) is 0.485. The molecule has 10 rings (SSSR count). The number of nitrogens with zero attached hydrogens (tertiary/aromatic N) is 10. The number of phosphoric acid groups is 1. The van der Waals surface area contributed by atoms with Crippen LogP contribution in [0.5, 0.6) is 0 Å². The van der Waals surface area contributed by atoms with Gasteiger partial charge in [0.1, 0.15) is 30.2 Å². The first-order valence-electron chi connectivity index (χ1n) is 36.0. The van der Waals surface area contributed by atoms with Crippen molar-refractivity contribution in [1.29, 1.82) is 0 Å². The summed E-state index contributed by atoms with van der Waals surface area (Å²) in [6.45, 7) is 24.3. The molecule has 0 spiro atoms. The van der Waals surface area contributed by atoms with Gasteiger partial charge in [-0.3, -0.25) is 42.6 Å². The molecule has 18 unspecified atom stereocenters. The number of aromatic nitrogens is 4. The molecule has 7 amide bonds. The number of phosphoric ester groups is 1. The van der Waals surface area contributed by atoms with E-state index in [-0.39, 0.29) is 101 Å². The number of nitrogen functional groups attached to an aromatic ring is 1. The number of primary amides is 6. The van der Waals surface area contributed by atoms with Gasteiger partial charge in [-0.1, -0.05) is 72.8 Å². The zero-order chi connectivity index (χ0) is 77.4. The summed E-state index contributed by atoms with van der Waals surface area (Å²) in [4.78, 5) is 119. The maximum absolute atomic E-state index is 14.4. The number of nitrogens with one attached hydrogen (secondary N) is 1. The number of hydrogen-bond acceptors (Lipinski definition) is 18. The Morgan fingerprint density at radius 1 is 0.774 bits per heavy atom. The Kier molecular flexibility index (Phi) is 26.3. The molecule has 18 N–H and O–H groups in total. The number of allylic oxidation sites excluding steroid dienone is 3. The van der Waals surface area contributed by atoms with Crippen molar-refractivity contribution in [2.24, 2.45) is 79.7 Å². The zero-order valence-electron chi connectivity index (χ0n) is 62.5. The molecular formula is C72H107CoN18O14P-6. The van der Waals surface area contributed by atoms with Gasteiger partial charge in [0.2, 0.25) is 41.4 Å². The van der Waals surface area contributed by atoms with E-state index < -0.39 is 161 Å². The summed E-state index contributed by atoms with van der Waals surface area (Å²) >= 11 is 0. The van der Waals surface area contributed by atoms with E-state index in [0.717, 1.165) is 42.6 Å². The fraction of sp³-hybridized carbons (Fsp3) is 0.653. The van der Waals surface area contributed by atoms with Crippen LogP contribution < -0.4 is 50.4 Å². The minimum absolute atomic E-state index is 0. The number of carbonyl (C=O) groups excluding carboxylic acids is 7. The maximum Gasteiger partial charge on any atom is 0.472 e. The van der Waals surface area contributed by atoms with E-state index in [1.54, 1.807) is 11.2 Å². The van der Waals surface area contributed by atoms with Gasteiger partial charge in [-0.25, -0.2) is 19.5 Å². The Morgan fingerprint density at radius 2 is 1.39 bits per heavy atom. The first-order valence-corrected chi connectivity index (χ1v) is 37.5. The Bertz CT molecular complexity index is 3970. The van der Waals surface area contributed by atoms with Gasteiger partial charge < -0.3 is 108 Å². The second kappa shape index (κ2) is 33.2. The third kappa shape index (κ3) is 17.0. The van der Waals surface area contributed by atoms with Crippen LogP contribution in [0.25, 0.3) is 37.7 Å². The SMILES string of the molecule is C/C1=C2/[N-]C(C(CC(N)=O)C2(C)CCC(=O)NCC(C)OP(=O)(O)OC2C(CO)OC(N3C[N-]c4cc(C)c(C)cc43)C2O)C2(C)[N-]C(/C(C)=C3\[N-]C(/C=C4\[N-]C1C(CCC(N)=O)C4(C)C)C(CCC(N)=O)C3(C)CC(N)=O)C(CCC(N)=O)C2(C)CC(N)=O.[CH2-]CCCCn1cnc2c(N)ncnc21.[Co]. The standard InChI is InChI=1S/C62H93N13O14P.C10H14N5.Co/c1-29-20-39-40(21-30(29)2)75(28-70-39)57-52(84)53(41(27-76)87-57)89-90(85,86)88-31(3)26-69-49(83)18-19-59(8)37(22-46(66)80)56-62(11)61(10,25-48(68)82)36(14-17-45(65)79)51(74-62)33(5)55-60(9,24-47(67)81)34(12-15-43(63)77)38(71-55)23-42-58(6,7)35(13-16-44(64)78)50(72-42)32(4)54(59)73-56;1-2-3-4-5-15-7-14-8-9(11)12-6-13-10(8)15;/h20-21,23,31,34-38,41,50-53,56-57,76,84H,12-19,22,24-28H2,1-11H3,(H2,63,77)(H2,64,78)(H2,65,79)(H2,66,80)(H2,67,81)(H2,68,82)(H,69,83)(H,85,86);6-7H,1-5H2,(H2,11,12,13);/q-5;-1;/b42-23-,54-32-,55-33-;;. The maximum atomic E-state index is 14.4. The van der Waals surface area contributed by atoms with Crippen LogP contribution in [-0.4, -0.2) is 156 Å². The molecule has 0 saturated carbocycles. The molecule has 3 aromatic rings. The van der Waals surface area contributed by atoms with Crippen molar-refractivity contribution in [2.75, 3.05) is 30.5 Å². The van der Waals surface area contributed by atoms with Crippen LogP contribution in [0.15, 0.2) is 59.1 Å². The summed E-state index contributed by atoms with van der Waals surface area (Å²) in [7, 11) is -5.05. The van der Waals surface area contributed by atoms with Crippen molar-refractivity contribution in [3.05, 3.63) is 104 Å². The second-order valence-electron chi connectivity index (χ2n) is 31.1. The number of fused-ring (bicyclic) bond motifs is 11. The van der Waals surface area contributed by atoms with Crippen molar-refractivity contribution in [3.8, 4) is 0 Å². The third-order valence-corrected chi connectivity index (χ3v) is 24.8. The smallest absolute Gasteiger partial charge is 0.472 e. The number of aryl methyl sites for hydroxylation is 3. The summed E-state index contributed by atoms with van der Waals surface area (Å²) < 4.78 is 32.8. The van der Waals surface area contributed by atoms with E-state index in [1.807, 2.05) is 92.0 Å². The average Bonchev–Trinajstić information content (AvgIpc) is 1.53. The van der Waals surface area contributed by atoms with Gasteiger partial charge in [0.05, 0.1) is 19.0 Å². The summed E-state index contributed by atoms with van der Waals surface area (Å²) in [5.41, 5.74) is 43.6. The van der Waals surface area contributed by atoms with Gasteiger partial charge in [0.25, 0.3) is 0 Å². The quantitative estimate of drug-likeness (QED) is 0.0192. The second-order valence-corrected chi connectivity index (χ2v) is 32.5. The normalized spacial score (nSPS) is 33.1. The Balaban J connectivity index is 0.000000783. The fourth-order valence-electron chi connectivity index (χ4n) is 17.8. The first-order chi connectivity index (χ1) is 49.2. The van der Waals surface area contributed by atoms with Crippen molar-refractivity contribution >= 4 is 77.5 Å². The van der Waals surface area contributed by atoms with Crippen LogP contribution >= 0.6 is 7.82 Å². The molecule has 589 valence electrons. The molecule has 18 atom stereocenters. The largest absolute Gasteiger partial charge is 0.685 e. The Labute approximate surface area is 630 Å². The summed E-state index contributed by atoms with van der Waals surface area (Å²) in [5, 5.41) is 51.5. The van der Waals surface area contributed by atoms with Gasteiger partial charge >= 0.3 is 7.82 Å². The number of unbranched alkanes of at least 4 members (excludes halogenated alkanes) is 2. The number of benzene rings is 1. The minimum atomic E-state index is -5.05. The minimum Gasteiger partial charge on any atom is -0.685 e. The van der Waals surface area contributed by atoms with E-state index in [2.05, 4.69) is 32.5 Å². The molecule has 1 radical (unpaired) electrons. The first kappa shape index (κ1) is 84.2. The number of hydrogen-bond donors (Lipinski definition) is 11. The van der Waals surface area contributed by atoms with Crippen LogP contribution in [0.2, 0.25) is 0 Å². The number of imidazole rings is 1. The number of aliphatic hydroxyl groups excluding tert-OH is 2. The topological polar surface area (TPSA) is 536 Å². The molecule has 2 aromatic heterocycles. The molecule has 32 nitrogen and oxygen atoms in total.